The highest BCUT2D eigenvalue weighted by atomic mass is 28.3. The van der Waals surface area contributed by atoms with Crippen LogP contribution in [-0.4, -0.2) is 32.0 Å². The maximum atomic E-state index is 12.3. The van der Waals surface area contributed by atoms with Crippen LogP contribution in [0.3, 0.4) is 0 Å². The van der Waals surface area contributed by atoms with E-state index in [0.717, 1.165) is 0 Å². The first kappa shape index (κ1) is 7.14. The van der Waals surface area contributed by atoms with Crippen molar-refractivity contribution in [1.82, 2.24) is 0 Å². The van der Waals surface area contributed by atoms with Crippen LogP contribution in [-0.2, 0) is 4.43 Å². The van der Waals surface area contributed by atoms with Crippen molar-refractivity contribution in [3.8, 4) is 0 Å². The van der Waals surface area contributed by atoms with Crippen molar-refractivity contribution in [3.63, 3.8) is 0 Å². The molecule has 3 atom stereocenters. The van der Waals surface area contributed by atoms with Crippen LogP contribution in [0.4, 0.5) is 4.11 Å². The lowest BCUT2D eigenvalue weighted by atomic mass is 10.3. The molecule has 0 radical (unpaired) electrons. The Morgan fingerprint density at radius 3 is 2.67 bits per heavy atom. The summed E-state index contributed by atoms with van der Waals surface area (Å²) >= 11 is 0. The summed E-state index contributed by atoms with van der Waals surface area (Å²) < 4.78 is 16.6. The Kier molecular flexibility index (Phi) is 2.17. The molecule has 0 aromatic rings. The van der Waals surface area contributed by atoms with Crippen LogP contribution in [0.2, 0.25) is 6.04 Å². The van der Waals surface area contributed by atoms with Crippen LogP contribution in [0, 0.1) is 0 Å². The lowest BCUT2D eigenvalue weighted by Gasteiger charge is -2.24. The van der Waals surface area contributed by atoms with Crippen LogP contribution < -0.4 is 0 Å². The van der Waals surface area contributed by atoms with E-state index in [1.807, 2.05) is 0 Å². The van der Waals surface area contributed by atoms with Crippen LogP contribution in [0.15, 0.2) is 0 Å². The molecule has 1 rings (SSSR count). The Morgan fingerprint density at radius 1 is 1.56 bits per heavy atom. The molecule has 0 bridgehead atoms. The Hall–Kier alpha value is 0.0269. The molecule has 0 amide bonds. The van der Waals surface area contributed by atoms with Gasteiger partial charge in [-0.25, -0.2) is 0 Å². The molecule has 3 nitrogen and oxygen atoms in total. The van der Waals surface area contributed by atoms with Gasteiger partial charge in [0.25, 0.3) is 0 Å². The first-order valence-electron chi connectivity index (χ1n) is 2.86. The van der Waals surface area contributed by atoms with Gasteiger partial charge in [-0.05, 0) is 12.5 Å². The minimum absolute atomic E-state index is 0.304. The fourth-order valence-corrected chi connectivity index (χ4v) is 1.98. The van der Waals surface area contributed by atoms with Crippen LogP contribution in [0.25, 0.3) is 0 Å². The zero-order chi connectivity index (χ0) is 6.85. The normalized spacial score (nSPS) is 45.0. The molecule has 1 saturated heterocycles. The van der Waals surface area contributed by atoms with Gasteiger partial charge in [0.15, 0.2) is 6.29 Å². The predicted molar refractivity (Wildman–Crippen MR) is 30.8 cm³/mol. The van der Waals surface area contributed by atoms with Gasteiger partial charge in [0.1, 0.15) is 6.10 Å². The van der Waals surface area contributed by atoms with Crippen molar-refractivity contribution in [1.29, 1.82) is 0 Å². The molecular weight excluding hydrogens is 143 g/mol. The van der Waals surface area contributed by atoms with Crippen LogP contribution in [0.5, 0.6) is 0 Å². The molecule has 1 aliphatic rings. The second-order valence-corrected chi connectivity index (χ2v) is 3.75. The smallest absolute Gasteiger partial charge is 0.370 e. The number of aliphatic hydroxyl groups is 2. The fraction of sp³-hybridized carbons (Fsp3) is 1.00. The van der Waals surface area contributed by atoms with Crippen molar-refractivity contribution < 1.29 is 18.7 Å². The van der Waals surface area contributed by atoms with Crippen molar-refractivity contribution in [2.45, 2.75) is 24.9 Å². The molecule has 0 spiro atoms. The van der Waals surface area contributed by atoms with Crippen LogP contribution >= 0.6 is 0 Å². The van der Waals surface area contributed by atoms with Crippen molar-refractivity contribution >= 4 is 9.37 Å². The number of hydrogen-bond donors (Lipinski definition) is 2. The average Bonchev–Trinajstić information content (AvgIpc) is 1.80. The summed E-state index contributed by atoms with van der Waals surface area (Å²) in [6.07, 6.45) is -1.83. The van der Waals surface area contributed by atoms with E-state index in [1.165, 1.54) is 0 Å². The highest BCUT2D eigenvalue weighted by molar-refractivity contribution is 6.43. The highest BCUT2D eigenvalue weighted by Crippen LogP contribution is 2.16. The molecule has 1 aliphatic heterocycles. The maximum absolute atomic E-state index is 12.3. The first-order valence-corrected chi connectivity index (χ1v) is 4.58. The lowest BCUT2D eigenvalue weighted by molar-refractivity contribution is -0.122. The summed E-state index contributed by atoms with van der Waals surface area (Å²) in [5.74, 6) is 0. The molecule has 1 fully saturated rings. The molecule has 5 heteroatoms. The van der Waals surface area contributed by atoms with E-state index in [9.17, 15) is 4.11 Å². The van der Waals surface area contributed by atoms with E-state index >= 15 is 0 Å². The maximum Gasteiger partial charge on any atom is 0.370 e. The van der Waals surface area contributed by atoms with Gasteiger partial charge in [0, 0.05) is 0 Å². The van der Waals surface area contributed by atoms with Crippen molar-refractivity contribution in [2.24, 2.45) is 0 Å². The largest absolute Gasteiger partial charge is 0.388 e. The number of rotatable bonds is 0. The third kappa shape index (κ3) is 1.72. The average molecular weight is 152 g/mol. The van der Waals surface area contributed by atoms with E-state index in [-0.39, 0.29) is 0 Å². The standard InChI is InChI=1S/C4H9FO3Si/c5-9-2-1-3(6)4(7)8-9/h3-4,6-7,9H,1-2H2. The Labute approximate surface area is 54.0 Å². The van der Waals surface area contributed by atoms with E-state index in [0.29, 0.717) is 12.5 Å². The number of hydrogen-bond acceptors (Lipinski definition) is 3. The summed E-state index contributed by atoms with van der Waals surface area (Å²) in [4.78, 5) is 0. The van der Waals surface area contributed by atoms with E-state index < -0.39 is 21.8 Å². The Bertz CT molecular complexity index is 102. The summed E-state index contributed by atoms with van der Waals surface area (Å²) in [5.41, 5.74) is 0. The number of aliphatic hydroxyl groups excluding tert-OH is 2. The van der Waals surface area contributed by atoms with Crippen molar-refractivity contribution in [3.05, 3.63) is 0 Å². The second kappa shape index (κ2) is 2.74. The minimum Gasteiger partial charge on any atom is -0.388 e. The minimum atomic E-state index is -2.60. The molecule has 2 N–H and O–H groups in total. The monoisotopic (exact) mass is 152 g/mol. The molecule has 0 aliphatic carbocycles. The third-order valence-electron chi connectivity index (χ3n) is 1.31. The first-order chi connectivity index (χ1) is 4.20. The van der Waals surface area contributed by atoms with Gasteiger partial charge >= 0.3 is 9.37 Å². The van der Waals surface area contributed by atoms with Gasteiger partial charge in [-0.3, -0.25) is 4.11 Å². The quantitative estimate of drug-likeness (QED) is 0.355. The fourth-order valence-electron chi connectivity index (χ4n) is 0.754. The molecular formula is C4H9FO3Si. The predicted octanol–water partition coefficient (Wildman–Crippen LogP) is -0.724. The summed E-state index contributed by atoms with van der Waals surface area (Å²) in [7, 11) is -2.60. The molecule has 1 heterocycles. The Balaban J connectivity index is 2.35. The lowest BCUT2D eigenvalue weighted by Crippen LogP contribution is -2.38. The third-order valence-corrected chi connectivity index (χ3v) is 2.67. The van der Waals surface area contributed by atoms with Crippen LogP contribution in [0.1, 0.15) is 6.42 Å². The van der Waals surface area contributed by atoms with E-state index in [4.69, 9.17) is 10.2 Å². The summed E-state index contributed by atoms with van der Waals surface area (Å²) in [6.45, 7) is 0. The summed E-state index contributed by atoms with van der Waals surface area (Å²) in [6, 6.07) is 0.304. The molecule has 0 aromatic heterocycles. The molecule has 3 unspecified atom stereocenters. The van der Waals surface area contributed by atoms with E-state index in [2.05, 4.69) is 4.43 Å². The zero-order valence-corrected chi connectivity index (χ0v) is 5.98. The van der Waals surface area contributed by atoms with Gasteiger partial charge in [0.2, 0.25) is 0 Å². The molecule has 0 aromatic carbocycles. The van der Waals surface area contributed by atoms with Gasteiger partial charge in [-0.2, -0.15) is 0 Å². The summed E-state index contributed by atoms with van der Waals surface area (Å²) in [5, 5.41) is 17.4. The van der Waals surface area contributed by atoms with E-state index in [1.54, 1.807) is 0 Å². The van der Waals surface area contributed by atoms with Crippen molar-refractivity contribution in [2.75, 3.05) is 0 Å². The topological polar surface area (TPSA) is 49.7 Å². The zero-order valence-electron chi connectivity index (χ0n) is 4.83. The highest BCUT2D eigenvalue weighted by Gasteiger charge is 2.29. The molecule has 54 valence electrons. The van der Waals surface area contributed by atoms with Gasteiger partial charge in [0.05, 0.1) is 0 Å². The number of halogens is 1. The second-order valence-electron chi connectivity index (χ2n) is 2.08. The van der Waals surface area contributed by atoms with Gasteiger partial charge in [-0.15, -0.1) is 0 Å². The van der Waals surface area contributed by atoms with Gasteiger partial charge in [-0.1, -0.05) is 0 Å². The van der Waals surface area contributed by atoms with Gasteiger partial charge < -0.3 is 14.6 Å². The Morgan fingerprint density at radius 2 is 2.22 bits per heavy atom. The molecule has 9 heavy (non-hydrogen) atoms. The SMILES string of the molecule is OC1CC[SiH](F)OC1O. The molecule has 0 saturated carbocycles.